The molecule has 1 aromatic carbocycles. The summed E-state index contributed by atoms with van der Waals surface area (Å²) in [5.41, 5.74) is -1.19. The number of benzene rings is 1. The number of ether oxygens (including phenoxy) is 1. The van der Waals surface area contributed by atoms with Gasteiger partial charge >= 0.3 is 0 Å². The molecule has 1 aliphatic rings. The Morgan fingerprint density at radius 1 is 1.39 bits per heavy atom. The second-order valence-electron chi connectivity index (χ2n) is 7.37. The molecule has 1 aromatic rings. The molecule has 2 rings (SSSR count). The highest BCUT2D eigenvalue weighted by atomic mass is 32.2. The fraction of sp³-hybridized carbons (Fsp3) is 0.632. The van der Waals surface area contributed by atoms with Gasteiger partial charge in [-0.1, -0.05) is 19.1 Å². The van der Waals surface area contributed by atoms with Crippen molar-refractivity contribution in [2.45, 2.75) is 44.6 Å². The predicted molar refractivity (Wildman–Crippen MR) is 109 cm³/mol. The SMILES string of the molecule is CC[C@@](O)(CNS(=O)(=O)CCCCN1CC(=O)NC1O)c1cccc(OCC(F)F)c1. The number of amides is 1. The van der Waals surface area contributed by atoms with Gasteiger partial charge in [0.2, 0.25) is 15.9 Å². The van der Waals surface area contributed by atoms with Crippen LogP contribution in [0.2, 0.25) is 0 Å². The third kappa shape index (κ3) is 7.96. The number of alkyl halides is 2. The lowest BCUT2D eigenvalue weighted by Gasteiger charge is -2.28. The summed E-state index contributed by atoms with van der Waals surface area (Å²) in [6.07, 6.45) is -2.75. The number of unbranched alkanes of at least 4 members (excludes halogenated alkanes) is 1. The molecule has 1 saturated heterocycles. The Hall–Kier alpha value is -1.86. The van der Waals surface area contributed by atoms with Crippen LogP contribution in [0.25, 0.3) is 0 Å². The average Bonchev–Trinajstić information content (AvgIpc) is 3.05. The van der Waals surface area contributed by atoms with E-state index in [0.717, 1.165) is 0 Å². The summed E-state index contributed by atoms with van der Waals surface area (Å²) < 4.78 is 56.7. The molecule has 0 aromatic heterocycles. The zero-order valence-electron chi connectivity index (χ0n) is 17.3. The molecule has 176 valence electrons. The number of sulfonamides is 1. The lowest BCUT2D eigenvalue weighted by atomic mass is 9.91. The number of hydrogen-bond acceptors (Lipinski definition) is 7. The van der Waals surface area contributed by atoms with E-state index in [2.05, 4.69) is 10.0 Å². The van der Waals surface area contributed by atoms with E-state index in [1.54, 1.807) is 13.0 Å². The van der Waals surface area contributed by atoms with E-state index < -0.39 is 35.0 Å². The van der Waals surface area contributed by atoms with E-state index in [1.807, 2.05) is 0 Å². The number of halogens is 2. The van der Waals surface area contributed by atoms with Crippen LogP contribution in [0, 0.1) is 0 Å². The first-order valence-corrected chi connectivity index (χ1v) is 11.6. The maximum atomic E-state index is 12.3. The summed E-state index contributed by atoms with van der Waals surface area (Å²) >= 11 is 0. The van der Waals surface area contributed by atoms with Crippen molar-refractivity contribution in [1.82, 2.24) is 14.9 Å². The molecule has 1 unspecified atom stereocenters. The van der Waals surface area contributed by atoms with Crippen molar-refractivity contribution in [3.05, 3.63) is 29.8 Å². The van der Waals surface area contributed by atoms with E-state index in [0.29, 0.717) is 24.9 Å². The number of nitrogens with one attached hydrogen (secondary N) is 2. The van der Waals surface area contributed by atoms with Gasteiger partial charge in [0.25, 0.3) is 6.43 Å². The zero-order valence-corrected chi connectivity index (χ0v) is 18.1. The van der Waals surface area contributed by atoms with Crippen molar-refractivity contribution in [3.8, 4) is 5.75 Å². The van der Waals surface area contributed by atoms with Gasteiger partial charge in [0.15, 0.2) is 6.35 Å². The Morgan fingerprint density at radius 2 is 2.13 bits per heavy atom. The number of aliphatic hydroxyl groups is 2. The van der Waals surface area contributed by atoms with Crippen molar-refractivity contribution in [1.29, 1.82) is 0 Å². The number of carbonyl (C=O) groups excluding carboxylic acids is 1. The number of carbonyl (C=O) groups is 1. The van der Waals surface area contributed by atoms with Gasteiger partial charge in [0, 0.05) is 13.1 Å². The molecule has 9 nitrogen and oxygen atoms in total. The topological polar surface area (TPSA) is 128 Å². The van der Waals surface area contributed by atoms with Crippen LogP contribution in [0.3, 0.4) is 0 Å². The summed E-state index contributed by atoms with van der Waals surface area (Å²) in [5, 5.41) is 22.9. The number of rotatable bonds is 13. The molecule has 1 fully saturated rings. The largest absolute Gasteiger partial charge is 0.488 e. The summed E-state index contributed by atoms with van der Waals surface area (Å²) in [4.78, 5) is 12.7. The molecule has 0 spiro atoms. The molecule has 2 atom stereocenters. The monoisotopic (exact) mass is 465 g/mol. The first-order valence-electron chi connectivity index (χ1n) is 9.97. The standard InChI is InChI=1S/C19H29F2N3O6S/c1-2-19(27,14-6-5-7-15(10-14)30-12-16(20)21)13-22-31(28,29)9-4-3-8-24-11-17(25)23-18(24)26/h5-7,10,16,18,22,26-27H,2-4,8-9,11-13H2,1H3,(H,23,25)/t18?,19-/m1/s1. The summed E-state index contributed by atoms with van der Waals surface area (Å²) in [7, 11) is -3.69. The molecule has 0 radical (unpaired) electrons. The molecule has 1 amide bonds. The van der Waals surface area contributed by atoms with Crippen LogP contribution < -0.4 is 14.8 Å². The van der Waals surface area contributed by atoms with Crippen molar-refractivity contribution < 1.29 is 36.9 Å². The normalized spacial score (nSPS) is 19.4. The average molecular weight is 466 g/mol. The molecule has 1 heterocycles. The number of nitrogens with zero attached hydrogens (tertiary/aromatic N) is 1. The summed E-state index contributed by atoms with van der Waals surface area (Å²) in [6.45, 7) is 1.04. The van der Waals surface area contributed by atoms with E-state index in [-0.39, 0.29) is 36.9 Å². The second kappa shape index (κ2) is 11.1. The fourth-order valence-corrected chi connectivity index (χ4v) is 4.31. The van der Waals surface area contributed by atoms with Gasteiger partial charge in [0.05, 0.1) is 12.3 Å². The van der Waals surface area contributed by atoms with Crippen LogP contribution in [-0.4, -0.2) is 74.2 Å². The minimum atomic E-state index is -3.69. The molecule has 4 N–H and O–H groups in total. The molecule has 1 aliphatic heterocycles. The smallest absolute Gasteiger partial charge is 0.272 e. The van der Waals surface area contributed by atoms with E-state index in [4.69, 9.17) is 4.74 Å². The summed E-state index contributed by atoms with van der Waals surface area (Å²) in [6, 6.07) is 6.00. The Kier molecular flexibility index (Phi) is 9.13. The molecule has 0 aliphatic carbocycles. The minimum absolute atomic E-state index is 0.0653. The molecular weight excluding hydrogens is 436 g/mol. The van der Waals surface area contributed by atoms with Crippen LogP contribution in [-0.2, 0) is 20.4 Å². The van der Waals surface area contributed by atoms with Crippen molar-refractivity contribution in [3.63, 3.8) is 0 Å². The number of aliphatic hydroxyl groups excluding tert-OH is 1. The maximum absolute atomic E-state index is 12.3. The van der Waals surface area contributed by atoms with Gasteiger partial charge in [-0.2, -0.15) is 0 Å². The highest BCUT2D eigenvalue weighted by Crippen LogP contribution is 2.28. The fourth-order valence-electron chi connectivity index (χ4n) is 3.13. The van der Waals surface area contributed by atoms with Gasteiger partial charge in [-0.05, 0) is 37.0 Å². The van der Waals surface area contributed by atoms with Crippen molar-refractivity contribution in [2.75, 3.05) is 32.0 Å². The van der Waals surface area contributed by atoms with Crippen LogP contribution in [0.15, 0.2) is 24.3 Å². The molecule has 0 saturated carbocycles. The van der Waals surface area contributed by atoms with Crippen LogP contribution in [0.1, 0.15) is 31.7 Å². The Balaban J connectivity index is 1.86. The summed E-state index contributed by atoms with van der Waals surface area (Å²) in [5.74, 6) is -0.316. The highest BCUT2D eigenvalue weighted by Gasteiger charge is 2.30. The molecule has 31 heavy (non-hydrogen) atoms. The third-order valence-corrected chi connectivity index (χ3v) is 6.42. The third-order valence-electron chi connectivity index (χ3n) is 5.01. The zero-order chi connectivity index (χ0) is 23.1. The maximum Gasteiger partial charge on any atom is 0.272 e. The lowest BCUT2D eigenvalue weighted by molar-refractivity contribution is -0.119. The minimum Gasteiger partial charge on any atom is -0.488 e. The highest BCUT2D eigenvalue weighted by molar-refractivity contribution is 7.89. The lowest BCUT2D eigenvalue weighted by Crippen LogP contribution is -2.41. The van der Waals surface area contributed by atoms with Gasteiger partial charge < -0.3 is 20.3 Å². The first kappa shape index (κ1) is 25.4. The molecular formula is C19H29F2N3O6S. The predicted octanol–water partition coefficient (Wildman–Crippen LogP) is 0.335. The Bertz CT molecular complexity index is 842. The van der Waals surface area contributed by atoms with Crippen molar-refractivity contribution >= 4 is 15.9 Å². The van der Waals surface area contributed by atoms with Gasteiger partial charge in [0.1, 0.15) is 18.0 Å². The van der Waals surface area contributed by atoms with Crippen LogP contribution >= 0.6 is 0 Å². The first-order chi connectivity index (χ1) is 14.5. The van der Waals surface area contributed by atoms with Crippen LogP contribution in [0.5, 0.6) is 5.75 Å². The van der Waals surface area contributed by atoms with Crippen LogP contribution in [0.4, 0.5) is 8.78 Å². The number of hydrogen-bond donors (Lipinski definition) is 4. The van der Waals surface area contributed by atoms with E-state index in [9.17, 15) is 32.2 Å². The second-order valence-corrected chi connectivity index (χ2v) is 9.30. The molecule has 0 bridgehead atoms. The Labute approximate surface area is 180 Å². The van der Waals surface area contributed by atoms with Gasteiger partial charge in [-0.15, -0.1) is 0 Å². The van der Waals surface area contributed by atoms with Crippen molar-refractivity contribution in [2.24, 2.45) is 0 Å². The van der Waals surface area contributed by atoms with Gasteiger partial charge in [-0.25, -0.2) is 21.9 Å². The quantitative estimate of drug-likeness (QED) is 0.309. The van der Waals surface area contributed by atoms with E-state index >= 15 is 0 Å². The van der Waals surface area contributed by atoms with Gasteiger partial charge in [-0.3, -0.25) is 9.69 Å². The van der Waals surface area contributed by atoms with E-state index in [1.165, 1.54) is 23.1 Å². The molecule has 12 heteroatoms. The Morgan fingerprint density at radius 3 is 2.74 bits per heavy atom.